The van der Waals surface area contributed by atoms with Crippen LogP contribution in [0.15, 0.2) is 22.7 Å². The first-order valence-corrected chi connectivity index (χ1v) is 6.43. The van der Waals surface area contributed by atoms with Crippen LogP contribution in [0.5, 0.6) is 0 Å². The van der Waals surface area contributed by atoms with Crippen LogP contribution in [0.1, 0.15) is 29.8 Å². The topological polar surface area (TPSA) is 49.3 Å². The summed E-state index contributed by atoms with van der Waals surface area (Å²) in [6.07, 6.45) is 0. The van der Waals surface area contributed by atoms with Crippen molar-refractivity contribution in [2.24, 2.45) is 5.92 Å². The van der Waals surface area contributed by atoms with Gasteiger partial charge in [-0.2, -0.15) is 0 Å². The predicted octanol–water partition coefficient (Wildman–Crippen LogP) is 2.50. The molecular formula is C13H18BrNO2. The Hall–Kier alpha value is -0.870. The number of benzene rings is 1. The summed E-state index contributed by atoms with van der Waals surface area (Å²) in [7, 11) is 0. The number of nitrogens with one attached hydrogen (secondary N) is 1. The van der Waals surface area contributed by atoms with Crippen molar-refractivity contribution in [3.8, 4) is 0 Å². The first-order valence-electron chi connectivity index (χ1n) is 5.63. The number of hydrogen-bond donors (Lipinski definition) is 2. The average Bonchev–Trinajstić information content (AvgIpc) is 2.28. The van der Waals surface area contributed by atoms with E-state index in [1.807, 2.05) is 32.9 Å². The zero-order valence-electron chi connectivity index (χ0n) is 10.3. The minimum Gasteiger partial charge on any atom is -0.394 e. The van der Waals surface area contributed by atoms with Gasteiger partial charge in [0.25, 0.3) is 5.91 Å². The molecule has 0 aromatic heterocycles. The van der Waals surface area contributed by atoms with E-state index in [4.69, 9.17) is 5.11 Å². The summed E-state index contributed by atoms with van der Waals surface area (Å²) in [5.41, 5.74) is 1.63. The van der Waals surface area contributed by atoms with E-state index in [0.29, 0.717) is 5.56 Å². The second kappa shape index (κ2) is 6.17. The number of amides is 1. The Morgan fingerprint density at radius 3 is 2.59 bits per heavy atom. The molecule has 1 aromatic carbocycles. The third kappa shape index (κ3) is 3.82. The van der Waals surface area contributed by atoms with Crippen LogP contribution in [0.3, 0.4) is 0 Å². The Morgan fingerprint density at radius 2 is 2.12 bits per heavy atom. The molecule has 0 spiro atoms. The van der Waals surface area contributed by atoms with Crippen molar-refractivity contribution in [3.05, 3.63) is 33.8 Å². The van der Waals surface area contributed by atoms with Crippen molar-refractivity contribution < 1.29 is 9.90 Å². The molecule has 0 saturated carbocycles. The normalized spacial score (nSPS) is 12.6. The molecule has 2 N–H and O–H groups in total. The lowest BCUT2D eigenvalue weighted by atomic mass is 10.0. The number of carbonyl (C=O) groups excluding carboxylic acids is 1. The van der Waals surface area contributed by atoms with Crippen LogP contribution in [-0.4, -0.2) is 23.7 Å². The molecule has 0 radical (unpaired) electrons. The van der Waals surface area contributed by atoms with E-state index < -0.39 is 0 Å². The first kappa shape index (κ1) is 14.2. The molecule has 17 heavy (non-hydrogen) atoms. The summed E-state index contributed by atoms with van der Waals surface area (Å²) in [5.74, 6) is 0.0637. The molecule has 1 rings (SSSR count). The van der Waals surface area contributed by atoms with Crippen LogP contribution < -0.4 is 5.32 Å². The third-order valence-electron chi connectivity index (χ3n) is 2.74. The summed E-state index contributed by atoms with van der Waals surface area (Å²) in [6, 6.07) is 5.24. The van der Waals surface area contributed by atoms with Crippen LogP contribution in [0, 0.1) is 12.8 Å². The van der Waals surface area contributed by atoms with E-state index in [0.717, 1.165) is 10.0 Å². The maximum Gasteiger partial charge on any atom is 0.251 e. The molecule has 1 aromatic rings. The average molecular weight is 300 g/mol. The molecule has 0 fully saturated rings. The van der Waals surface area contributed by atoms with E-state index in [1.54, 1.807) is 6.07 Å². The van der Waals surface area contributed by atoms with Crippen LogP contribution in [0.25, 0.3) is 0 Å². The molecule has 94 valence electrons. The largest absolute Gasteiger partial charge is 0.394 e. The zero-order valence-corrected chi connectivity index (χ0v) is 11.9. The standard InChI is InChI=1S/C13H18BrNO2/c1-8(2)12(7-16)15-13(17)10-4-5-11(14)9(3)6-10/h4-6,8,12,16H,7H2,1-3H3,(H,15,17). The van der Waals surface area contributed by atoms with Gasteiger partial charge >= 0.3 is 0 Å². The highest BCUT2D eigenvalue weighted by Gasteiger charge is 2.16. The van der Waals surface area contributed by atoms with Gasteiger partial charge in [-0.15, -0.1) is 0 Å². The Bertz CT molecular complexity index is 404. The Balaban J connectivity index is 2.79. The highest BCUT2D eigenvalue weighted by molar-refractivity contribution is 9.10. The van der Waals surface area contributed by atoms with Crippen LogP contribution >= 0.6 is 15.9 Å². The summed E-state index contributed by atoms with van der Waals surface area (Å²) in [6.45, 7) is 5.83. The fourth-order valence-electron chi connectivity index (χ4n) is 1.46. The monoisotopic (exact) mass is 299 g/mol. The minimum atomic E-state index is -0.202. The lowest BCUT2D eigenvalue weighted by molar-refractivity contribution is 0.0897. The van der Waals surface area contributed by atoms with Crippen LogP contribution in [0.2, 0.25) is 0 Å². The van der Waals surface area contributed by atoms with Crippen molar-refractivity contribution >= 4 is 21.8 Å². The molecule has 0 aliphatic rings. The van der Waals surface area contributed by atoms with E-state index in [2.05, 4.69) is 21.2 Å². The number of aliphatic hydroxyl groups is 1. The number of hydrogen-bond acceptors (Lipinski definition) is 2. The second-order valence-electron chi connectivity index (χ2n) is 4.47. The van der Waals surface area contributed by atoms with Crippen LogP contribution in [0.4, 0.5) is 0 Å². The molecule has 0 aliphatic carbocycles. The van der Waals surface area contributed by atoms with Gasteiger partial charge in [0.2, 0.25) is 0 Å². The Kier molecular flexibility index (Phi) is 5.15. The SMILES string of the molecule is Cc1cc(C(=O)NC(CO)C(C)C)ccc1Br. The lowest BCUT2D eigenvalue weighted by Crippen LogP contribution is -2.41. The maximum absolute atomic E-state index is 11.9. The molecule has 0 heterocycles. The molecule has 4 heteroatoms. The van der Waals surface area contributed by atoms with Gasteiger partial charge in [0, 0.05) is 10.0 Å². The first-order chi connectivity index (χ1) is 7.95. The van der Waals surface area contributed by atoms with Gasteiger partial charge in [-0.25, -0.2) is 0 Å². The third-order valence-corrected chi connectivity index (χ3v) is 3.63. The summed E-state index contributed by atoms with van der Waals surface area (Å²) < 4.78 is 0.983. The molecule has 1 unspecified atom stereocenters. The number of aliphatic hydroxyl groups excluding tert-OH is 1. The van der Waals surface area contributed by atoms with Crippen molar-refractivity contribution in [1.29, 1.82) is 0 Å². The van der Waals surface area contributed by atoms with Gasteiger partial charge in [0.05, 0.1) is 12.6 Å². The second-order valence-corrected chi connectivity index (χ2v) is 5.32. The van der Waals surface area contributed by atoms with Crippen LogP contribution in [-0.2, 0) is 0 Å². The molecule has 0 aliphatic heterocycles. The molecule has 1 amide bonds. The van der Waals surface area contributed by atoms with Gasteiger partial charge in [-0.1, -0.05) is 29.8 Å². The fraction of sp³-hybridized carbons (Fsp3) is 0.462. The van der Waals surface area contributed by atoms with Gasteiger partial charge in [-0.3, -0.25) is 4.79 Å². The quantitative estimate of drug-likeness (QED) is 0.897. The van der Waals surface area contributed by atoms with Gasteiger partial charge in [0.1, 0.15) is 0 Å². The summed E-state index contributed by atoms with van der Waals surface area (Å²) in [4.78, 5) is 11.9. The van der Waals surface area contributed by atoms with Gasteiger partial charge < -0.3 is 10.4 Å². The molecule has 3 nitrogen and oxygen atoms in total. The maximum atomic E-state index is 11.9. The Morgan fingerprint density at radius 1 is 1.47 bits per heavy atom. The smallest absolute Gasteiger partial charge is 0.251 e. The van der Waals surface area contributed by atoms with Crippen molar-refractivity contribution in [2.75, 3.05) is 6.61 Å². The molecule has 0 saturated heterocycles. The zero-order chi connectivity index (χ0) is 13.0. The molecule has 0 bridgehead atoms. The minimum absolute atomic E-state index is 0.0427. The molecule has 1 atom stereocenters. The number of carbonyl (C=O) groups is 1. The lowest BCUT2D eigenvalue weighted by Gasteiger charge is -2.20. The fourth-order valence-corrected chi connectivity index (χ4v) is 1.71. The number of halogens is 1. The van der Waals surface area contributed by atoms with E-state index in [1.165, 1.54) is 0 Å². The molecular weight excluding hydrogens is 282 g/mol. The van der Waals surface area contributed by atoms with Gasteiger partial charge in [0.15, 0.2) is 0 Å². The highest BCUT2D eigenvalue weighted by Crippen LogP contribution is 2.17. The number of aryl methyl sites for hydroxylation is 1. The van der Waals surface area contributed by atoms with Crippen molar-refractivity contribution in [3.63, 3.8) is 0 Å². The van der Waals surface area contributed by atoms with Crippen molar-refractivity contribution in [2.45, 2.75) is 26.8 Å². The highest BCUT2D eigenvalue weighted by atomic mass is 79.9. The summed E-state index contributed by atoms with van der Waals surface area (Å²) >= 11 is 3.39. The van der Waals surface area contributed by atoms with E-state index in [9.17, 15) is 4.79 Å². The van der Waals surface area contributed by atoms with Gasteiger partial charge in [-0.05, 0) is 36.6 Å². The number of rotatable bonds is 4. The van der Waals surface area contributed by atoms with E-state index >= 15 is 0 Å². The predicted molar refractivity (Wildman–Crippen MR) is 72.1 cm³/mol. The Labute approximate surface area is 110 Å². The van der Waals surface area contributed by atoms with Crippen molar-refractivity contribution in [1.82, 2.24) is 5.32 Å². The van der Waals surface area contributed by atoms with E-state index in [-0.39, 0.29) is 24.5 Å². The summed E-state index contributed by atoms with van der Waals surface area (Å²) in [5, 5.41) is 12.0.